The Balaban J connectivity index is 1.85. The minimum Gasteiger partial charge on any atom is -0.463 e. The van der Waals surface area contributed by atoms with Crippen LogP contribution < -0.4 is 5.32 Å². The Labute approximate surface area is 164 Å². The van der Waals surface area contributed by atoms with E-state index < -0.39 is 0 Å². The first kappa shape index (κ1) is 17.5. The van der Waals surface area contributed by atoms with Crippen molar-refractivity contribution in [1.82, 2.24) is 14.8 Å². The molecule has 0 unspecified atom stereocenters. The number of aromatic nitrogens is 3. The van der Waals surface area contributed by atoms with Crippen molar-refractivity contribution in [2.75, 3.05) is 5.32 Å². The highest BCUT2D eigenvalue weighted by molar-refractivity contribution is 9.10. The smallest absolute Gasteiger partial charge is 0.256 e. The summed E-state index contributed by atoms with van der Waals surface area (Å²) >= 11 is 3.44. The van der Waals surface area contributed by atoms with E-state index in [0.29, 0.717) is 22.7 Å². The second-order valence-electron chi connectivity index (χ2n) is 6.35. The fraction of sp³-hybridized carbons (Fsp3) is 0.150. The van der Waals surface area contributed by atoms with Crippen LogP contribution in [0.5, 0.6) is 0 Å². The van der Waals surface area contributed by atoms with Crippen LogP contribution >= 0.6 is 15.9 Å². The first-order valence-electron chi connectivity index (χ1n) is 8.40. The molecule has 4 aromatic rings. The molecule has 0 saturated heterocycles. The summed E-state index contributed by atoms with van der Waals surface area (Å²) in [4.78, 5) is 17.8. The van der Waals surface area contributed by atoms with Gasteiger partial charge in [-0.15, -0.1) is 0 Å². The number of aryl methyl sites for hydroxylation is 3. The van der Waals surface area contributed by atoms with E-state index in [4.69, 9.17) is 4.42 Å². The summed E-state index contributed by atoms with van der Waals surface area (Å²) in [5.74, 6) is 0.390. The number of carbonyl (C=O) groups is 1. The number of hydrogen-bond donors (Lipinski definition) is 1. The number of nitrogens with zero attached hydrogens (tertiary/aromatic N) is 3. The number of carbonyl (C=O) groups excluding carboxylic acids is 1. The average Bonchev–Trinajstić information content (AvgIpc) is 3.26. The van der Waals surface area contributed by atoms with Crippen molar-refractivity contribution in [2.24, 2.45) is 7.05 Å². The molecule has 0 atom stereocenters. The number of rotatable bonds is 3. The molecule has 3 aromatic heterocycles. The number of hydrogen-bond acceptors (Lipinski definition) is 4. The van der Waals surface area contributed by atoms with E-state index in [1.165, 1.54) is 0 Å². The molecule has 0 aliphatic carbocycles. The monoisotopic (exact) mass is 424 g/mol. The number of pyridine rings is 1. The van der Waals surface area contributed by atoms with Gasteiger partial charge < -0.3 is 9.73 Å². The van der Waals surface area contributed by atoms with Crippen LogP contribution in [0.1, 0.15) is 21.6 Å². The maximum atomic E-state index is 13.1. The Morgan fingerprint density at radius 3 is 2.74 bits per heavy atom. The first-order valence-corrected chi connectivity index (χ1v) is 9.19. The van der Waals surface area contributed by atoms with E-state index in [9.17, 15) is 4.79 Å². The topological polar surface area (TPSA) is 73.0 Å². The molecule has 0 fully saturated rings. The van der Waals surface area contributed by atoms with Crippen molar-refractivity contribution in [3.05, 3.63) is 64.0 Å². The molecule has 0 aliphatic rings. The molecule has 6 nitrogen and oxygen atoms in total. The number of benzene rings is 1. The van der Waals surface area contributed by atoms with Crippen molar-refractivity contribution in [2.45, 2.75) is 13.8 Å². The van der Waals surface area contributed by atoms with Crippen LogP contribution in [0.2, 0.25) is 0 Å². The quantitative estimate of drug-likeness (QED) is 0.509. The lowest BCUT2D eigenvalue weighted by molar-refractivity contribution is 0.102. The van der Waals surface area contributed by atoms with E-state index in [2.05, 4.69) is 31.3 Å². The summed E-state index contributed by atoms with van der Waals surface area (Å²) in [6.07, 6.45) is 1.58. The van der Waals surface area contributed by atoms with Gasteiger partial charge in [0.05, 0.1) is 22.9 Å². The summed E-state index contributed by atoms with van der Waals surface area (Å²) in [5, 5.41) is 8.17. The van der Waals surface area contributed by atoms with Crippen molar-refractivity contribution >= 4 is 38.6 Å². The predicted octanol–water partition coefficient (Wildman–Crippen LogP) is 4.86. The number of nitrogens with one attached hydrogen (secondary N) is 1. The molecule has 0 spiro atoms. The summed E-state index contributed by atoms with van der Waals surface area (Å²) in [7, 11) is 1.81. The molecule has 0 bridgehead atoms. The van der Waals surface area contributed by atoms with E-state index in [0.717, 1.165) is 26.8 Å². The van der Waals surface area contributed by atoms with Gasteiger partial charge in [-0.2, -0.15) is 5.10 Å². The van der Waals surface area contributed by atoms with Crippen molar-refractivity contribution in [3.63, 3.8) is 0 Å². The van der Waals surface area contributed by atoms with E-state index in [1.807, 2.05) is 45.2 Å². The van der Waals surface area contributed by atoms with Gasteiger partial charge in [0.25, 0.3) is 5.91 Å². The molecule has 1 aromatic carbocycles. The lowest BCUT2D eigenvalue weighted by atomic mass is 10.1. The van der Waals surface area contributed by atoms with Crippen LogP contribution in [0.4, 0.5) is 5.69 Å². The second kappa shape index (κ2) is 6.66. The molecule has 1 N–H and O–H groups in total. The number of halogens is 1. The van der Waals surface area contributed by atoms with Crippen LogP contribution in [0.3, 0.4) is 0 Å². The molecule has 0 aliphatic heterocycles. The normalized spacial score (nSPS) is 11.1. The molecule has 27 heavy (non-hydrogen) atoms. The van der Waals surface area contributed by atoms with Gasteiger partial charge in [-0.3, -0.25) is 9.48 Å². The standard InChI is InChI=1S/C20H17BrN4O2/c1-11-9-13(21)6-7-15(11)23-20(26)14-10-16(17-5-4-8-27-17)22-19-18(14)12(2)24-25(19)3/h4-10H,1-3H3,(H,23,26). The zero-order valence-corrected chi connectivity index (χ0v) is 16.7. The molecule has 3 heterocycles. The zero-order valence-electron chi connectivity index (χ0n) is 15.1. The van der Waals surface area contributed by atoms with Gasteiger partial charge in [-0.25, -0.2) is 4.98 Å². The lowest BCUT2D eigenvalue weighted by Gasteiger charge is -2.11. The van der Waals surface area contributed by atoms with Gasteiger partial charge in [-0.05, 0) is 55.8 Å². The van der Waals surface area contributed by atoms with Crippen LogP contribution in [-0.4, -0.2) is 20.7 Å². The summed E-state index contributed by atoms with van der Waals surface area (Å²) < 4.78 is 8.12. The number of fused-ring (bicyclic) bond motifs is 1. The first-order chi connectivity index (χ1) is 12.9. The fourth-order valence-corrected chi connectivity index (χ4v) is 3.61. The minimum absolute atomic E-state index is 0.211. The fourth-order valence-electron chi connectivity index (χ4n) is 3.13. The average molecular weight is 425 g/mol. The van der Waals surface area contributed by atoms with Crippen LogP contribution in [0.15, 0.2) is 51.6 Å². The maximum Gasteiger partial charge on any atom is 0.256 e. The Morgan fingerprint density at radius 2 is 2.04 bits per heavy atom. The van der Waals surface area contributed by atoms with Crippen molar-refractivity contribution in [3.8, 4) is 11.5 Å². The summed E-state index contributed by atoms with van der Waals surface area (Å²) in [6, 6.07) is 11.1. The Kier molecular flexibility index (Phi) is 4.31. The van der Waals surface area contributed by atoms with Crippen molar-refractivity contribution in [1.29, 1.82) is 0 Å². The molecule has 7 heteroatoms. The van der Waals surface area contributed by atoms with Crippen LogP contribution in [0, 0.1) is 13.8 Å². The summed E-state index contributed by atoms with van der Waals surface area (Å²) in [6.45, 7) is 3.82. The molecule has 0 radical (unpaired) electrons. The van der Waals surface area contributed by atoms with Crippen LogP contribution in [0.25, 0.3) is 22.5 Å². The van der Waals surface area contributed by atoms with Gasteiger partial charge in [-0.1, -0.05) is 15.9 Å². The number of furan rings is 1. The van der Waals surface area contributed by atoms with Gasteiger partial charge in [0.15, 0.2) is 11.4 Å². The van der Waals surface area contributed by atoms with E-state index >= 15 is 0 Å². The number of amides is 1. The SMILES string of the molecule is Cc1cc(Br)ccc1NC(=O)c1cc(-c2ccco2)nc2c1c(C)nn2C. The second-order valence-corrected chi connectivity index (χ2v) is 7.27. The number of anilines is 1. The van der Waals surface area contributed by atoms with Gasteiger partial charge in [0, 0.05) is 17.2 Å². The molecular weight excluding hydrogens is 408 g/mol. The van der Waals surface area contributed by atoms with Gasteiger partial charge in [0.2, 0.25) is 0 Å². The highest BCUT2D eigenvalue weighted by Gasteiger charge is 2.20. The molecular formula is C20H17BrN4O2. The van der Waals surface area contributed by atoms with Gasteiger partial charge in [0.1, 0.15) is 5.69 Å². The van der Waals surface area contributed by atoms with Crippen molar-refractivity contribution < 1.29 is 9.21 Å². The molecule has 1 amide bonds. The Hall–Kier alpha value is -2.93. The molecule has 0 saturated carbocycles. The lowest BCUT2D eigenvalue weighted by Crippen LogP contribution is -2.14. The third-order valence-corrected chi connectivity index (χ3v) is 4.92. The maximum absolute atomic E-state index is 13.1. The van der Waals surface area contributed by atoms with Crippen LogP contribution in [-0.2, 0) is 7.05 Å². The third kappa shape index (κ3) is 3.14. The minimum atomic E-state index is -0.211. The molecule has 136 valence electrons. The molecule has 4 rings (SSSR count). The van der Waals surface area contributed by atoms with Gasteiger partial charge >= 0.3 is 0 Å². The van der Waals surface area contributed by atoms with E-state index in [-0.39, 0.29) is 5.91 Å². The third-order valence-electron chi connectivity index (χ3n) is 4.42. The highest BCUT2D eigenvalue weighted by Crippen LogP contribution is 2.28. The Bertz CT molecular complexity index is 1160. The predicted molar refractivity (Wildman–Crippen MR) is 108 cm³/mol. The summed E-state index contributed by atoms with van der Waals surface area (Å²) in [5.41, 5.74) is 4.22. The Morgan fingerprint density at radius 1 is 1.22 bits per heavy atom. The van der Waals surface area contributed by atoms with E-state index in [1.54, 1.807) is 23.1 Å². The largest absolute Gasteiger partial charge is 0.463 e. The zero-order chi connectivity index (χ0) is 19.1. The highest BCUT2D eigenvalue weighted by atomic mass is 79.9.